The van der Waals surface area contributed by atoms with Crippen molar-refractivity contribution in [1.82, 2.24) is 9.78 Å². The Balaban J connectivity index is 1.84. The van der Waals surface area contributed by atoms with E-state index in [0.29, 0.717) is 11.3 Å². The van der Waals surface area contributed by atoms with Crippen LogP contribution >= 0.6 is 0 Å². The molecule has 0 fully saturated rings. The lowest BCUT2D eigenvalue weighted by atomic mass is 10.0. The topological polar surface area (TPSA) is 107 Å². The molecule has 8 heteroatoms. The monoisotopic (exact) mass is 409 g/mol. The summed E-state index contributed by atoms with van der Waals surface area (Å²) in [6.07, 6.45) is 1.60. The van der Waals surface area contributed by atoms with E-state index in [1.54, 1.807) is 30.1 Å². The number of nitrogens with zero attached hydrogens (tertiary/aromatic N) is 2. The number of methoxy groups -OCH3 is 1. The maximum atomic E-state index is 11.5. The van der Waals surface area contributed by atoms with Crippen LogP contribution in [0, 0.1) is 0 Å². The summed E-state index contributed by atoms with van der Waals surface area (Å²) >= 11 is 0. The Morgan fingerprint density at radius 3 is 2.38 bits per heavy atom. The highest BCUT2D eigenvalue weighted by atomic mass is 32.2. The number of hydrogen-bond donors (Lipinski definition) is 2. The minimum absolute atomic E-state index is 0.0250. The van der Waals surface area contributed by atoms with Crippen molar-refractivity contribution in [2.24, 2.45) is 5.14 Å². The van der Waals surface area contributed by atoms with E-state index in [9.17, 15) is 13.5 Å². The highest BCUT2D eigenvalue weighted by Gasteiger charge is 2.15. The van der Waals surface area contributed by atoms with E-state index >= 15 is 0 Å². The van der Waals surface area contributed by atoms with E-state index in [0.717, 1.165) is 27.8 Å². The third-order valence-corrected chi connectivity index (χ3v) is 5.68. The van der Waals surface area contributed by atoms with Gasteiger partial charge >= 0.3 is 0 Å². The molecular weight excluding hydrogens is 390 g/mol. The van der Waals surface area contributed by atoms with Crippen molar-refractivity contribution in [1.29, 1.82) is 0 Å². The first-order valence-corrected chi connectivity index (χ1v) is 10.3. The molecule has 0 saturated heterocycles. The molecule has 3 aromatic carbocycles. The molecule has 0 aliphatic heterocycles. The van der Waals surface area contributed by atoms with Gasteiger partial charge in [-0.25, -0.2) is 18.2 Å². The van der Waals surface area contributed by atoms with Crippen LogP contribution in [-0.4, -0.2) is 30.4 Å². The average molecular weight is 409 g/mol. The van der Waals surface area contributed by atoms with E-state index in [1.807, 2.05) is 36.4 Å². The zero-order valence-corrected chi connectivity index (χ0v) is 16.4. The molecule has 4 rings (SSSR count). The summed E-state index contributed by atoms with van der Waals surface area (Å²) in [5.74, 6) is 0.779. The first-order valence-electron chi connectivity index (χ1n) is 8.80. The minimum atomic E-state index is -3.77. The molecule has 0 aliphatic carbocycles. The second-order valence-corrected chi connectivity index (χ2v) is 8.12. The molecule has 148 valence electrons. The van der Waals surface area contributed by atoms with Crippen LogP contribution in [0.15, 0.2) is 71.8 Å². The highest BCUT2D eigenvalue weighted by molar-refractivity contribution is 7.89. The highest BCUT2D eigenvalue weighted by Crippen LogP contribution is 2.31. The zero-order chi connectivity index (χ0) is 20.6. The van der Waals surface area contributed by atoms with Crippen LogP contribution in [0.5, 0.6) is 5.75 Å². The quantitative estimate of drug-likeness (QED) is 0.527. The molecule has 0 radical (unpaired) electrons. The fourth-order valence-corrected chi connectivity index (χ4v) is 3.79. The van der Waals surface area contributed by atoms with Gasteiger partial charge in [0.25, 0.3) is 0 Å². The van der Waals surface area contributed by atoms with Crippen LogP contribution < -0.4 is 9.88 Å². The second kappa shape index (κ2) is 7.32. The third kappa shape index (κ3) is 3.61. The number of aliphatic hydroxyl groups is 1. The average Bonchev–Trinajstić information content (AvgIpc) is 3.16. The Morgan fingerprint density at radius 1 is 1.03 bits per heavy atom. The third-order valence-electron chi connectivity index (χ3n) is 4.75. The van der Waals surface area contributed by atoms with Crippen molar-refractivity contribution in [2.45, 2.75) is 11.5 Å². The van der Waals surface area contributed by atoms with Crippen LogP contribution in [0.2, 0.25) is 0 Å². The Kier molecular flexibility index (Phi) is 4.83. The van der Waals surface area contributed by atoms with Gasteiger partial charge in [-0.1, -0.05) is 18.2 Å². The zero-order valence-electron chi connectivity index (χ0n) is 15.6. The molecule has 0 amide bonds. The number of hydrogen-bond acceptors (Lipinski definition) is 5. The molecule has 0 saturated carbocycles. The van der Waals surface area contributed by atoms with Gasteiger partial charge in [-0.3, -0.25) is 0 Å². The fraction of sp³-hybridized carbons (Fsp3) is 0.0952. The van der Waals surface area contributed by atoms with Crippen molar-refractivity contribution < 1.29 is 18.3 Å². The number of sulfonamides is 1. The van der Waals surface area contributed by atoms with Gasteiger partial charge in [-0.05, 0) is 53.2 Å². The summed E-state index contributed by atoms with van der Waals surface area (Å²) in [6, 6.07) is 17.9. The van der Waals surface area contributed by atoms with Crippen LogP contribution in [-0.2, 0) is 16.6 Å². The minimum Gasteiger partial charge on any atom is -0.497 e. The number of benzene rings is 3. The smallest absolute Gasteiger partial charge is 0.238 e. The Bertz CT molecular complexity index is 1300. The van der Waals surface area contributed by atoms with Crippen molar-refractivity contribution in [3.8, 4) is 22.7 Å². The van der Waals surface area contributed by atoms with Crippen molar-refractivity contribution in [3.05, 3.63) is 72.4 Å². The van der Waals surface area contributed by atoms with E-state index in [-0.39, 0.29) is 11.5 Å². The summed E-state index contributed by atoms with van der Waals surface area (Å²) in [5, 5.41) is 21.4. The van der Waals surface area contributed by atoms with Gasteiger partial charge in [0.05, 0.1) is 36.2 Å². The van der Waals surface area contributed by atoms with Gasteiger partial charge in [-0.15, -0.1) is 0 Å². The number of fused-ring (bicyclic) bond motifs is 1. The Labute approximate surface area is 168 Å². The maximum Gasteiger partial charge on any atom is 0.238 e. The van der Waals surface area contributed by atoms with Gasteiger partial charge in [0.1, 0.15) is 5.75 Å². The van der Waals surface area contributed by atoms with Gasteiger partial charge < -0.3 is 9.84 Å². The maximum absolute atomic E-state index is 11.5. The van der Waals surface area contributed by atoms with Crippen molar-refractivity contribution >= 4 is 20.8 Å². The molecule has 0 atom stereocenters. The number of aromatic nitrogens is 2. The molecule has 0 aliphatic rings. The molecule has 0 unspecified atom stereocenters. The van der Waals surface area contributed by atoms with Gasteiger partial charge in [-0.2, -0.15) is 5.10 Å². The lowest BCUT2D eigenvalue weighted by molar-refractivity contribution is 0.282. The van der Waals surface area contributed by atoms with Gasteiger partial charge in [0.2, 0.25) is 10.0 Å². The Morgan fingerprint density at radius 2 is 1.72 bits per heavy atom. The lowest BCUT2D eigenvalue weighted by Crippen LogP contribution is -2.12. The summed E-state index contributed by atoms with van der Waals surface area (Å²) in [4.78, 5) is 0.0250. The van der Waals surface area contributed by atoms with E-state index in [4.69, 9.17) is 9.88 Å². The summed E-state index contributed by atoms with van der Waals surface area (Å²) in [7, 11) is -2.15. The molecule has 4 aromatic rings. The standard InChI is InChI=1S/C21H19N3O4S/c1-28-19-7-4-14-10-16(3-2-15(14)11-19)21-17(13-25)12-23-24(21)18-5-8-20(9-6-18)29(22,26)27/h2-12,25H,13H2,1H3,(H2,22,26,27). The first kappa shape index (κ1) is 19.1. The van der Waals surface area contributed by atoms with Crippen LogP contribution in [0.25, 0.3) is 27.7 Å². The Hall–Kier alpha value is -3.20. The van der Waals surface area contributed by atoms with E-state index < -0.39 is 10.0 Å². The lowest BCUT2D eigenvalue weighted by Gasteiger charge is -2.11. The largest absolute Gasteiger partial charge is 0.497 e. The van der Waals surface area contributed by atoms with Crippen LogP contribution in [0.3, 0.4) is 0 Å². The second-order valence-electron chi connectivity index (χ2n) is 6.56. The first-order chi connectivity index (χ1) is 13.9. The van der Waals surface area contributed by atoms with E-state index in [2.05, 4.69) is 5.10 Å². The molecule has 1 heterocycles. The summed E-state index contributed by atoms with van der Waals surface area (Å²) in [6.45, 7) is -0.175. The summed E-state index contributed by atoms with van der Waals surface area (Å²) < 4.78 is 29.9. The van der Waals surface area contributed by atoms with Crippen molar-refractivity contribution in [3.63, 3.8) is 0 Å². The van der Waals surface area contributed by atoms with Gasteiger partial charge in [0.15, 0.2) is 0 Å². The molecule has 0 bridgehead atoms. The number of aliphatic hydroxyl groups excluding tert-OH is 1. The fourth-order valence-electron chi connectivity index (χ4n) is 3.28. The van der Waals surface area contributed by atoms with Crippen molar-refractivity contribution in [2.75, 3.05) is 7.11 Å². The molecule has 29 heavy (non-hydrogen) atoms. The summed E-state index contributed by atoms with van der Waals surface area (Å²) in [5.41, 5.74) is 2.92. The predicted molar refractivity (Wildman–Crippen MR) is 110 cm³/mol. The number of rotatable bonds is 5. The predicted octanol–water partition coefficient (Wildman–Crippen LogP) is 2.84. The molecular formula is C21H19N3O4S. The molecule has 3 N–H and O–H groups in total. The normalized spacial score (nSPS) is 11.7. The van der Waals surface area contributed by atoms with Gasteiger partial charge in [0, 0.05) is 11.1 Å². The number of ether oxygens (including phenoxy) is 1. The SMILES string of the molecule is COc1ccc2cc(-c3c(CO)cnn3-c3ccc(S(N)(=O)=O)cc3)ccc2c1. The van der Waals surface area contributed by atoms with Crippen LogP contribution in [0.1, 0.15) is 5.56 Å². The molecule has 0 spiro atoms. The molecule has 7 nitrogen and oxygen atoms in total. The number of nitrogens with two attached hydrogens (primary N) is 1. The van der Waals surface area contributed by atoms with E-state index in [1.165, 1.54) is 12.1 Å². The number of primary sulfonamides is 1. The van der Waals surface area contributed by atoms with Crippen LogP contribution in [0.4, 0.5) is 0 Å². The molecule has 1 aromatic heterocycles.